The zero-order chi connectivity index (χ0) is 25.8. The molecule has 2 atom stereocenters. The number of aromatic nitrogens is 2. The first-order chi connectivity index (χ1) is 16.5. The first-order valence-electron chi connectivity index (χ1n) is 10.5. The first-order valence-corrected chi connectivity index (χ1v) is 10.5. The van der Waals surface area contributed by atoms with Crippen molar-refractivity contribution in [2.75, 3.05) is 13.2 Å². The number of nitrogens with one attached hydrogen (secondary N) is 1. The molecule has 3 rings (SSSR count). The van der Waals surface area contributed by atoms with Gasteiger partial charge < -0.3 is 30.0 Å². The van der Waals surface area contributed by atoms with Gasteiger partial charge in [-0.15, -0.1) is 0 Å². The van der Waals surface area contributed by atoms with Crippen molar-refractivity contribution in [1.29, 1.82) is 0 Å². The fourth-order valence-electron chi connectivity index (χ4n) is 3.18. The summed E-state index contributed by atoms with van der Waals surface area (Å²) in [6, 6.07) is 10.4. The van der Waals surface area contributed by atoms with E-state index in [9.17, 15) is 28.2 Å². The first kappa shape index (κ1) is 25.8. The Morgan fingerprint density at radius 2 is 1.86 bits per heavy atom. The number of amides is 1. The molecule has 0 radical (unpaired) electrons. The summed E-state index contributed by atoms with van der Waals surface area (Å²) >= 11 is 0. The molecule has 12 heteroatoms. The van der Waals surface area contributed by atoms with Crippen molar-refractivity contribution in [2.45, 2.75) is 25.4 Å². The van der Waals surface area contributed by atoms with Crippen LogP contribution in [-0.4, -0.2) is 51.2 Å². The van der Waals surface area contributed by atoms with Gasteiger partial charge in [-0.1, -0.05) is 0 Å². The van der Waals surface area contributed by atoms with Crippen LogP contribution < -0.4 is 20.5 Å². The number of alkyl halides is 3. The number of primary amides is 1. The average Bonchev–Trinajstić information content (AvgIpc) is 3.19. The molecule has 2 unspecified atom stereocenters. The van der Waals surface area contributed by atoms with E-state index < -0.39 is 30.1 Å². The zero-order valence-electron chi connectivity index (χ0n) is 18.9. The molecule has 9 nitrogen and oxygen atoms in total. The molecule has 1 aromatic heterocycles. The molecule has 0 saturated heterocycles. The molecule has 0 fully saturated rings. The van der Waals surface area contributed by atoms with Crippen LogP contribution in [0.15, 0.2) is 48.7 Å². The SMILES string of the molecule is CC(O)C(NCCOc1ccc(O)c(C(N)=O)c1)Oc1ccc(-c2nc(C(F)(F)F)cn2C)cc1. The van der Waals surface area contributed by atoms with Gasteiger partial charge in [0.25, 0.3) is 5.91 Å². The minimum atomic E-state index is -4.54. The van der Waals surface area contributed by atoms with Crippen molar-refractivity contribution < 1.29 is 37.7 Å². The molecule has 0 bridgehead atoms. The number of carbonyl (C=O) groups is 1. The number of rotatable bonds is 10. The van der Waals surface area contributed by atoms with Gasteiger partial charge in [-0.25, -0.2) is 4.98 Å². The van der Waals surface area contributed by atoms with Gasteiger partial charge in [0.1, 0.15) is 35.8 Å². The normalized spacial score (nSPS) is 13.3. The highest BCUT2D eigenvalue weighted by Crippen LogP contribution is 2.31. The van der Waals surface area contributed by atoms with Crippen molar-refractivity contribution >= 4 is 5.91 Å². The lowest BCUT2D eigenvalue weighted by Gasteiger charge is -2.23. The summed E-state index contributed by atoms with van der Waals surface area (Å²) in [4.78, 5) is 15.0. The molecule has 0 aliphatic heterocycles. The molecule has 1 amide bonds. The highest BCUT2D eigenvalue weighted by Gasteiger charge is 2.34. The Balaban J connectivity index is 1.57. The van der Waals surface area contributed by atoms with E-state index in [2.05, 4.69) is 10.3 Å². The number of aliphatic hydroxyl groups is 1. The monoisotopic (exact) mass is 494 g/mol. The maximum absolute atomic E-state index is 12.9. The van der Waals surface area contributed by atoms with Gasteiger partial charge in [-0.2, -0.15) is 13.2 Å². The van der Waals surface area contributed by atoms with Crippen LogP contribution in [0.1, 0.15) is 23.0 Å². The molecular weight excluding hydrogens is 469 g/mol. The lowest BCUT2D eigenvalue weighted by molar-refractivity contribution is -0.140. The lowest BCUT2D eigenvalue weighted by Crippen LogP contribution is -2.44. The van der Waals surface area contributed by atoms with Crippen LogP contribution in [-0.2, 0) is 13.2 Å². The van der Waals surface area contributed by atoms with Crippen LogP contribution in [0.4, 0.5) is 13.2 Å². The van der Waals surface area contributed by atoms with Gasteiger partial charge in [0.15, 0.2) is 11.9 Å². The van der Waals surface area contributed by atoms with Gasteiger partial charge in [0, 0.05) is 25.4 Å². The highest BCUT2D eigenvalue weighted by atomic mass is 19.4. The van der Waals surface area contributed by atoms with E-state index in [-0.39, 0.29) is 30.3 Å². The molecule has 3 aromatic rings. The van der Waals surface area contributed by atoms with E-state index >= 15 is 0 Å². The number of aliphatic hydroxyl groups excluding tert-OH is 1. The molecule has 1 heterocycles. The van der Waals surface area contributed by atoms with Crippen molar-refractivity contribution in [3.63, 3.8) is 0 Å². The summed E-state index contributed by atoms with van der Waals surface area (Å²) < 4.78 is 51.3. The number of benzene rings is 2. The maximum Gasteiger partial charge on any atom is 0.434 e. The third-order valence-electron chi connectivity index (χ3n) is 4.93. The van der Waals surface area contributed by atoms with Crippen LogP contribution in [0.3, 0.4) is 0 Å². The Hall–Kier alpha value is -3.77. The van der Waals surface area contributed by atoms with Crippen LogP contribution >= 0.6 is 0 Å². The van der Waals surface area contributed by atoms with Gasteiger partial charge in [-0.3, -0.25) is 10.1 Å². The van der Waals surface area contributed by atoms with Gasteiger partial charge >= 0.3 is 6.18 Å². The molecular formula is C23H25F3N4O5. The number of halogens is 3. The number of aryl methyl sites for hydroxylation is 1. The quantitative estimate of drug-likeness (QED) is 0.252. The second-order valence-corrected chi connectivity index (χ2v) is 7.71. The lowest BCUT2D eigenvalue weighted by atomic mass is 10.2. The fourth-order valence-corrected chi connectivity index (χ4v) is 3.18. The summed E-state index contributed by atoms with van der Waals surface area (Å²) in [5, 5.41) is 22.6. The number of hydrogen-bond acceptors (Lipinski definition) is 7. The second-order valence-electron chi connectivity index (χ2n) is 7.71. The summed E-state index contributed by atoms with van der Waals surface area (Å²) in [6.07, 6.45) is -5.34. The van der Waals surface area contributed by atoms with Crippen molar-refractivity contribution in [3.8, 4) is 28.6 Å². The number of aromatic hydroxyl groups is 1. The second kappa shape index (κ2) is 10.7. The van der Waals surface area contributed by atoms with E-state index in [1.807, 2.05) is 0 Å². The highest BCUT2D eigenvalue weighted by molar-refractivity contribution is 5.95. The Kier molecular flexibility index (Phi) is 7.87. The van der Waals surface area contributed by atoms with Crippen molar-refractivity contribution in [3.05, 3.63) is 59.9 Å². The Bertz CT molecular complexity index is 1160. The van der Waals surface area contributed by atoms with E-state index in [0.717, 1.165) is 6.20 Å². The largest absolute Gasteiger partial charge is 0.507 e. The minimum absolute atomic E-state index is 0.0655. The third-order valence-corrected chi connectivity index (χ3v) is 4.93. The zero-order valence-corrected chi connectivity index (χ0v) is 18.9. The minimum Gasteiger partial charge on any atom is -0.507 e. The Labute approximate surface area is 198 Å². The molecule has 2 aromatic carbocycles. The number of hydrogen-bond donors (Lipinski definition) is 4. The Morgan fingerprint density at radius 1 is 1.20 bits per heavy atom. The van der Waals surface area contributed by atoms with Crippen LogP contribution in [0.2, 0.25) is 0 Å². The van der Waals surface area contributed by atoms with Crippen LogP contribution in [0.25, 0.3) is 11.4 Å². The topological polar surface area (TPSA) is 132 Å². The number of carbonyl (C=O) groups excluding carboxylic acids is 1. The summed E-state index contributed by atoms with van der Waals surface area (Å²) in [5.41, 5.74) is 4.62. The number of imidazole rings is 1. The number of nitrogens with zero attached hydrogens (tertiary/aromatic N) is 2. The molecule has 188 valence electrons. The maximum atomic E-state index is 12.9. The predicted molar refractivity (Wildman–Crippen MR) is 120 cm³/mol. The average molecular weight is 494 g/mol. The standard InChI is InChI=1S/C23H25F3N4O5/c1-13(31)22(28-9-10-34-16-7-8-18(32)17(11-16)20(27)33)35-15-5-3-14(4-6-15)21-29-19(12-30(21)2)23(24,25)26/h3-8,11-13,22,28,31-32H,9-10H2,1-2H3,(H2,27,33). The molecule has 5 N–H and O–H groups in total. The molecule has 35 heavy (non-hydrogen) atoms. The van der Waals surface area contributed by atoms with Crippen LogP contribution in [0.5, 0.6) is 17.2 Å². The molecule has 0 aliphatic rings. The summed E-state index contributed by atoms with van der Waals surface area (Å²) in [7, 11) is 1.48. The summed E-state index contributed by atoms with van der Waals surface area (Å²) in [5.74, 6) is -0.182. The van der Waals surface area contributed by atoms with Gasteiger partial charge in [0.2, 0.25) is 0 Å². The van der Waals surface area contributed by atoms with E-state index in [4.69, 9.17) is 15.2 Å². The van der Waals surface area contributed by atoms with E-state index in [0.29, 0.717) is 17.1 Å². The molecule has 0 spiro atoms. The number of nitrogens with two attached hydrogens (primary N) is 1. The fraction of sp³-hybridized carbons (Fsp3) is 0.304. The smallest absolute Gasteiger partial charge is 0.434 e. The van der Waals surface area contributed by atoms with Crippen LogP contribution in [0, 0.1) is 0 Å². The molecule has 0 aliphatic carbocycles. The predicted octanol–water partition coefficient (Wildman–Crippen LogP) is 2.66. The van der Waals surface area contributed by atoms with E-state index in [1.165, 1.54) is 36.7 Å². The third kappa shape index (κ3) is 6.64. The number of ether oxygens (including phenoxy) is 2. The number of phenols is 1. The van der Waals surface area contributed by atoms with Crippen molar-refractivity contribution in [2.24, 2.45) is 12.8 Å². The van der Waals surface area contributed by atoms with Gasteiger partial charge in [0.05, 0.1) is 5.56 Å². The van der Waals surface area contributed by atoms with Crippen molar-refractivity contribution in [1.82, 2.24) is 14.9 Å². The Morgan fingerprint density at radius 3 is 2.43 bits per heavy atom. The molecule has 0 saturated carbocycles. The van der Waals surface area contributed by atoms with E-state index in [1.54, 1.807) is 24.3 Å². The van der Waals surface area contributed by atoms with Gasteiger partial charge in [-0.05, 0) is 49.4 Å². The summed E-state index contributed by atoms with van der Waals surface area (Å²) in [6.45, 7) is 1.93.